The molecule has 1 N–H and O–H groups in total. The highest BCUT2D eigenvalue weighted by atomic mass is 16.5. The molecule has 1 fully saturated rings. The van der Waals surface area contributed by atoms with Crippen molar-refractivity contribution in [2.75, 3.05) is 5.32 Å². The summed E-state index contributed by atoms with van der Waals surface area (Å²) < 4.78 is 5.67. The first kappa shape index (κ1) is 15.1. The molecule has 1 heterocycles. The van der Waals surface area contributed by atoms with Crippen LogP contribution < -0.4 is 10.1 Å². The first-order valence-electron chi connectivity index (χ1n) is 7.73. The van der Waals surface area contributed by atoms with Crippen LogP contribution in [0.4, 0.5) is 5.95 Å². The lowest BCUT2D eigenvalue weighted by Crippen LogP contribution is -2.31. The Morgan fingerprint density at radius 3 is 2.60 bits per heavy atom. The van der Waals surface area contributed by atoms with Crippen molar-refractivity contribution in [3.05, 3.63) is 11.8 Å². The molecule has 0 amide bonds. The normalized spacial score (nSPS) is 26.6. The molecule has 0 radical (unpaired) electrons. The summed E-state index contributed by atoms with van der Waals surface area (Å²) in [5.41, 5.74) is 0.940. The third kappa shape index (κ3) is 4.09. The van der Waals surface area contributed by atoms with Crippen LogP contribution >= 0.6 is 0 Å². The SMILES string of the molecule is Cc1cc(OC(C)C)nc(NC2CCC(C)C(C)C2)n1. The number of aryl methyl sites for hydroxylation is 1. The van der Waals surface area contributed by atoms with Gasteiger partial charge in [0.05, 0.1) is 6.10 Å². The van der Waals surface area contributed by atoms with Crippen LogP contribution in [0, 0.1) is 18.8 Å². The van der Waals surface area contributed by atoms with E-state index >= 15 is 0 Å². The lowest BCUT2D eigenvalue weighted by Gasteiger charge is -2.32. The van der Waals surface area contributed by atoms with E-state index < -0.39 is 0 Å². The average Bonchev–Trinajstić information content (AvgIpc) is 2.32. The Morgan fingerprint density at radius 1 is 1.20 bits per heavy atom. The molecule has 20 heavy (non-hydrogen) atoms. The molecule has 0 spiro atoms. The van der Waals surface area contributed by atoms with E-state index in [9.17, 15) is 0 Å². The van der Waals surface area contributed by atoms with E-state index in [2.05, 4.69) is 29.1 Å². The van der Waals surface area contributed by atoms with Gasteiger partial charge < -0.3 is 10.1 Å². The molecule has 1 aliphatic carbocycles. The molecule has 1 aromatic heterocycles. The predicted octanol–water partition coefficient (Wildman–Crippen LogP) is 3.81. The molecule has 0 aliphatic heterocycles. The quantitative estimate of drug-likeness (QED) is 0.909. The summed E-state index contributed by atoms with van der Waals surface area (Å²) in [4.78, 5) is 8.94. The number of ether oxygens (including phenoxy) is 1. The van der Waals surface area contributed by atoms with E-state index in [0.29, 0.717) is 17.9 Å². The maximum atomic E-state index is 5.67. The Balaban J connectivity index is 2.03. The molecular formula is C16H27N3O. The van der Waals surface area contributed by atoms with E-state index in [4.69, 9.17) is 4.74 Å². The summed E-state index contributed by atoms with van der Waals surface area (Å²) in [6.07, 6.45) is 3.80. The molecule has 4 heteroatoms. The van der Waals surface area contributed by atoms with Crippen molar-refractivity contribution in [3.8, 4) is 5.88 Å². The van der Waals surface area contributed by atoms with E-state index in [0.717, 1.165) is 17.5 Å². The van der Waals surface area contributed by atoms with Gasteiger partial charge in [-0.2, -0.15) is 4.98 Å². The van der Waals surface area contributed by atoms with Crippen LogP contribution in [0.25, 0.3) is 0 Å². The van der Waals surface area contributed by atoms with E-state index in [-0.39, 0.29) is 6.10 Å². The lowest BCUT2D eigenvalue weighted by molar-refractivity contribution is 0.232. The maximum absolute atomic E-state index is 5.67. The Kier molecular flexibility index (Phi) is 4.84. The summed E-state index contributed by atoms with van der Waals surface area (Å²) >= 11 is 0. The van der Waals surface area contributed by atoms with Crippen LogP contribution in [-0.4, -0.2) is 22.1 Å². The molecule has 112 valence electrons. The van der Waals surface area contributed by atoms with Gasteiger partial charge in [-0.1, -0.05) is 13.8 Å². The number of hydrogen-bond acceptors (Lipinski definition) is 4. The molecule has 2 rings (SSSR count). The van der Waals surface area contributed by atoms with Crippen LogP contribution in [0.1, 0.15) is 52.7 Å². The van der Waals surface area contributed by atoms with Crippen molar-refractivity contribution < 1.29 is 4.74 Å². The van der Waals surface area contributed by atoms with Gasteiger partial charge in [-0.3, -0.25) is 0 Å². The second-order valence-electron chi connectivity index (χ2n) is 6.45. The third-order valence-corrected chi connectivity index (χ3v) is 4.12. The zero-order valence-corrected chi connectivity index (χ0v) is 13.3. The van der Waals surface area contributed by atoms with Gasteiger partial charge in [0.25, 0.3) is 0 Å². The molecule has 0 bridgehead atoms. The highest BCUT2D eigenvalue weighted by Crippen LogP contribution is 2.30. The zero-order chi connectivity index (χ0) is 14.7. The Labute approximate surface area is 122 Å². The molecular weight excluding hydrogens is 250 g/mol. The standard InChI is InChI=1S/C16H27N3O/c1-10(2)20-15-9-13(5)17-16(19-15)18-14-7-6-11(3)12(4)8-14/h9-12,14H,6-8H2,1-5H3,(H,17,18,19). The molecule has 3 atom stereocenters. The monoisotopic (exact) mass is 277 g/mol. The van der Waals surface area contributed by atoms with Gasteiger partial charge in [-0.15, -0.1) is 0 Å². The zero-order valence-electron chi connectivity index (χ0n) is 13.3. The number of hydrogen-bond donors (Lipinski definition) is 1. The minimum absolute atomic E-state index is 0.132. The molecule has 1 saturated carbocycles. The van der Waals surface area contributed by atoms with Gasteiger partial charge in [0, 0.05) is 17.8 Å². The Bertz CT molecular complexity index is 447. The van der Waals surface area contributed by atoms with Crippen molar-refractivity contribution >= 4 is 5.95 Å². The summed E-state index contributed by atoms with van der Waals surface area (Å²) in [5.74, 6) is 2.95. The van der Waals surface area contributed by atoms with Crippen molar-refractivity contribution in [3.63, 3.8) is 0 Å². The first-order valence-corrected chi connectivity index (χ1v) is 7.73. The first-order chi connectivity index (χ1) is 9.44. The fourth-order valence-electron chi connectivity index (χ4n) is 2.77. The number of rotatable bonds is 4. The van der Waals surface area contributed by atoms with Crippen LogP contribution in [0.5, 0.6) is 5.88 Å². The van der Waals surface area contributed by atoms with Gasteiger partial charge in [-0.05, 0) is 51.9 Å². The van der Waals surface area contributed by atoms with E-state index in [1.165, 1.54) is 19.3 Å². The number of nitrogens with zero attached hydrogens (tertiary/aromatic N) is 2. The van der Waals surface area contributed by atoms with Crippen molar-refractivity contribution in [2.24, 2.45) is 11.8 Å². The Hall–Kier alpha value is -1.32. The van der Waals surface area contributed by atoms with Gasteiger partial charge in [0.2, 0.25) is 11.8 Å². The highest BCUT2D eigenvalue weighted by molar-refractivity contribution is 5.32. The number of anilines is 1. The number of aromatic nitrogens is 2. The van der Waals surface area contributed by atoms with Gasteiger partial charge >= 0.3 is 0 Å². The summed E-state index contributed by atoms with van der Waals surface area (Å²) in [6.45, 7) is 10.7. The second kappa shape index (κ2) is 6.42. The van der Waals surface area contributed by atoms with Crippen LogP contribution in [0.15, 0.2) is 6.07 Å². The lowest BCUT2D eigenvalue weighted by atomic mass is 9.79. The van der Waals surface area contributed by atoms with Crippen LogP contribution in [0.3, 0.4) is 0 Å². The van der Waals surface area contributed by atoms with Gasteiger partial charge in [-0.25, -0.2) is 4.98 Å². The minimum atomic E-state index is 0.132. The average molecular weight is 277 g/mol. The van der Waals surface area contributed by atoms with Gasteiger partial charge in [0.15, 0.2) is 0 Å². The number of nitrogens with one attached hydrogen (secondary N) is 1. The van der Waals surface area contributed by atoms with E-state index in [1.54, 1.807) is 0 Å². The second-order valence-corrected chi connectivity index (χ2v) is 6.45. The summed E-state index contributed by atoms with van der Waals surface area (Å²) in [7, 11) is 0. The van der Waals surface area contributed by atoms with Crippen molar-refractivity contribution in [1.29, 1.82) is 0 Å². The van der Waals surface area contributed by atoms with Crippen molar-refractivity contribution in [2.45, 2.75) is 66.0 Å². The van der Waals surface area contributed by atoms with Gasteiger partial charge in [0.1, 0.15) is 0 Å². The fraction of sp³-hybridized carbons (Fsp3) is 0.750. The Morgan fingerprint density at radius 2 is 1.95 bits per heavy atom. The molecule has 1 aromatic rings. The fourth-order valence-corrected chi connectivity index (χ4v) is 2.77. The smallest absolute Gasteiger partial charge is 0.226 e. The van der Waals surface area contributed by atoms with Crippen LogP contribution in [-0.2, 0) is 0 Å². The summed E-state index contributed by atoms with van der Waals surface area (Å²) in [6, 6.07) is 2.37. The largest absolute Gasteiger partial charge is 0.475 e. The third-order valence-electron chi connectivity index (χ3n) is 4.12. The topological polar surface area (TPSA) is 47.0 Å². The molecule has 3 unspecified atom stereocenters. The van der Waals surface area contributed by atoms with Crippen LogP contribution in [0.2, 0.25) is 0 Å². The molecule has 0 aromatic carbocycles. The molecule has 1 aliphatic rings. The predicted molar refractivity (Wildman–Crippen MR) is 82.1 cm³/mol. The maximum Gasteiger partial charge on any atom is 0.226 e. The van der Waals surface area contributed by atoms with Crippen molar-refractivity contribution in [1.82, 2.24) is 9.97 Å². The van der Waals surface area contributed by atoms with E-state index in [1.807, 2.05) is 26.8 Å². The molecule has 4 nitrogen and oxygen atoms in total. The highest BCUT2D eigenvalue weighted by Gasteiger charge is 2.25. The minimum Gasteiger partial charge on any atom is -0.475 e. The molecule has 0 saturated heterocycles. The summed E-state index contributed by atoms with van der Waals surface area (Å²) in [5, 5.41) is 3.48.